The highest BCUT2D eigenvalue weighted by Gasteiger charge is 2.06. The summed E-state index contributed by atoms with van der Waals surface area (Å²) in [6, 6.07) is 0. The molecular formula is C8H14ClN3. The molecule has 1 heterocycles. The first-order chi connectivity index (χ1) is 5.79. The van der Waals surface area contributed by atoms with Crippen LogP contribution in [0, 0.1) is 0 Å². The van der Waals surface area contributed by atoms with Gasteiger partial charge in [0.1, 0.15) is 10.8 Å². The standard InChI is InChI=1S/C8H14ClN3/c1-3-5-6-12-8(9)7(4-2)10-11-12/h3-6H2,1-2H3. The smallest absolute Gasteiger partial charge is 0.150 e. The fourth-order valence-electron chi connectivity index (χ4n) is 1.00. The first-order valence-electron chi connectivity index (χ1n) is 4.37. The third kappa shape index (κ3) is 1.97. The van der Waals surface area contributed by atoms with Crippen molar-refractivity contribution in [3.63, 3.8) is 0 Å². The summed E-state index contributed by atoms with van der Waals surface area (Å²) >= 11 is 6.00. The summed E-state index contributed by atoms with van der Waals surface area (Å²) in [4.78, 5) is 0. The largest absolute Gasteiger partial charge is 0.234 e. The van der Waals surface area contributed by atoms with Crippen LogP contribution in [0.2, 0.25) is 5.15 Å². The predicted molar refractivity (Wildman–Crippen MR) is 49.3 cm³/mol. The number of aromatic nitrogens is 3. The second kappa shape index (κ2) is 4.45. The monoisotopic (exact) mass is 187 g/mol. The lowest BCUT2D eigenvalue weighted by Gasteiger charge is -1.98. The summed E-state index contributed by atoms with van der Waals surface area (Å²) in [6.07, 6.45) is 3.11. The molecule has 3 nitrogen and oxygen atoms in total. The topological polar surface area (TPSA) is 30.7 Å². The summed E-state index contributed by atoms with van der Waals surface area (Å²) in [5, 5.41) is 8.63. The molecule has 0 fully saturated rings. The highest BCUT2D eigenvalue weighted by molar-refractivity contribution is 6.30. The Morgan fingerprint density at radius 2 is 2.17 bits per heavy atom. The van der Waals surface area contributed by atoms with Gasteiger partial charge in [-0.1, -0.05) is 37.1 Å². The van der Waals surface area contributed by atoms with Crippen molar-refractivity contribution >= 4 is 11.6 Å². The van der Waals surface area contributed by atoms with Gasteiger partial charge in [-0.3, -0.25) is 0 Å². The van der Waals surface area contributed by atoms with Gasteiger partial charge in [-0.25, -0.2) is 4.68 Å². The molecule has 0 aliphatic carbocycles. The zero-order chi connectivity index (χ0) is 8.97. The van der Waals surface area contributed by atoms with Crippen LogP contribution >= 0.6 is 11.6 Å². The molecule has 0 bridgehead atoms. The highest BCUT2D eigenvalue weighted by Crippen LogP contribution is 2.13. The third-order valence-corrected chi connectivity index (χ3v) is 2.21. The van der Waals surface area contributed by atoms with Gasteiger partial charge in [0.25, 0.3) is 0 Å². The van der Waals surface area contributed by atoms with Gasteiger partial charge < -0.3 is 0 Å². The van der Waals surface area contributed by atoms with Gasteiger partial charge in [0.15, 0.2) is 0 Å². The molecule has 0 amide bonds. The zero-order valence-corrected chi connectivity index (χ0v) is 8.30. The molecule has 12 heavy (non-hydrogen) atoms. The van der Waals surface area contributed by atoms with E-state index in [1.807, 2.05) is 6.92 Å². The van der Waals surface area contributed by atoms with Gasteiger partial charge in [-0.05, 0) is 12.8 Å². The van der Waals surface area contributed by atoms with Crippen LogP contribution in [-0.4, -0.2) is 15.0 Å². The summed E-state index contributed by atoms with van der Waals surface area (Å²) in [6.45, 7) is 5.05. The van der Waals surface area contributed by atoms with Gasteiger partial charge in [0.05, 0.1) is 0 Å². The fourth-order valence-corrected chi connectivity index (χ4v) is 1.29. The Hall–Kier alpha value is -0.570. The Bertz CT molecular complexity index is 244. The number of hydrogen-bond donors (Lipinski definition) is 0. The Morgan fingerprint density at radius 1 is 1.42 bits per heavy atom. The van der Waals surface area contributed by atoms with Gasteiger partial charge in [0, 0.05) is 6.54 Å². The molecule has 0 aliphatic heterocycles. The second-order valence-corrected chi connectivity index (χ2v) is 3.12. The van der Waals surface area contributed by atoms with Crippen LogP contribution in [-0.2, 0) is 13.0 Å². The average molecular weight is 188 g/mol. The Balaban J connectivity index is 2.66. The number of rotatable bonds is 4. The maximum absolute atomic E-state index is 6.00. The molecule has 0 saturated heterocycles. The first kappa shape index (κ1) is 9.52. The van der Waals surface area contributed by atoms with E-state index in [0.717, 1.165) is 31.5 Å². The van der Waals surface area contributed by atoms with Crippen molar-refractivity contribution in [1.82, 2.24) is 15.0 Å². The van der Waals surface area contributed by atoms with Crippen molar-refractivity contribution in [2.45, 2.75) is 39.7 Å². The van der Waals surface area contributed by atoms with E-state index >= 15 is 0 Å². The Labute approximate surface area is 77.7 Å². The number of unbranched alkanes of at least 4 members (excludes halogenated alkanes) is 1. The molecular weight excluding hydrogens is 174 g/mol. The molecule has 0 aromatic carbocycles. The maximum atomic E-state index is 6.00. The van der Waals surface area contributed by atoms with E-state index in [1.54, 1.807) is 4.68 Å². The molecule has 0 saturated carbocycles. The third-order valence-electron chi connectivity index (χ3n) is 1.80. The molecule has 0 unspecified atom stereocenters. The molecule has 1 rings (SSSR count). The average Bonchev–Trinajstić information content (AvgIpc) is 2.43. The van der Waals surface area contributed by atoms with Crippen LogP contribution in [0.25, 0.3) is 0 Å². The van der Waals surface area contributed by atoms with Crippen LogP contribution in [0.1, 0.15) is 32.4 Å². The molecule has 68 valence electrons. The van der Waals surface area contributed by atoms with E-state index < -0.39 is 0 Å². The van der Waals surface area contributed by atoms with Crippen molar-refractivity contribution in [1.29, 1.82) is 0 Å². The molecule has 0 atom stereocenters. The quantitative estimate of drug-likeness (QED) is 0.724. The van der Waals surface area contributed by atoms with Crippen LogP contribution in [0.3, 0.4) is 0 Å². The summed E-state index contributed by atoms with van der Waals surface area (Å²) in [7, 11) is 0. The van der Waals surface area contributed by atoms with Crippen molar-refractivity contribution < 1.29 is 0 Å². The van der Waals surface area contributed by atoms with E-state index in [-0.39, 0.29) is 0 Å². The minimum atomic E-state index is 0.700. The van der Waals surface area contributed by atoms with Gasteiger partial charge in [-0.15, -0.1) is 5.10 Å². The van der Waals surface area contributed by atoms with Gasteiger partial charge >= 0.3 is 0 Å². The van der Waals surface area contributed by atoms with E-state index in [1.165, 1.54) is 0 Å². The van der Waals surface area contributed by atoms with Crippen molar-refractivity contribution in [2.24, 2.45) is 0 Å². The minimum absolute atomic E-state index is 0.700. The fraction of sp³-hybridized carbons (Fsp3) is 0.750. The van der Waals surface area contributed by atoms with Gasteiger partial charge in [0.2, 0.25) is 0 Å². The van der Waals surface area contributed by atoms with Crippen molar-refractivity contribution in [3.05, 3.63) is 10.8 Å². The predicted octanol–water partition coefficient (Wildman–Crippen LogP) is 2.29. The van der Waals surface area contributed by atoms with Crippen molar-refractivity contribution in [2.75, 3.05) is 0 Å². The highest BCUT2D eigenvalue weighted by atomic mass is 35.5. The molecule has 0 radical (unpaired) electrons. The zero-order valence-electron chi connectivity index (χ0n) is 7.55. The molecule has 1 aromatic rings. The van der Waals surface area contributed by atoms with E-state index in [4.69, 9.17) is 11.6 Å². The number of hydrogen-bond acceptors (Lipinski definition) is 2. The van der Waals surface area contributed by atoms with E-state index in [2.05, 4.69) is 17.2 Å². The minimum Gasteiger partial charge on any atom is -0.234 e. The first-order valence-corrected chi connectivity index (χ1v) is 4.75. The Morgan fingerprint density at radius 3 is 2.67 bits per heavy atom. The number of aryl methyl sites for hydroxylation is 2. The lowest BCUT2D eigenvalue weighted by molar-refractivity contribution is 0.553. The molecule has 0 aliphatic rings. The van der Waals surface area contributed by atoms with Gasteiger partial charge in [-0.2, -0.15) is 0 Å². The van der Waals surface area contributed by atoms with E-state index in [9.17, 15) is 0 Å². The van der Waals surface area contributed by atoms with Crippen LogP contribution < -0.4 is 0 Å². The molecule has 0 N–H and O–H groups in total. The van der Waals surface area contributed by atoms with Crippen LogP contribution in [0.5, 0.6) is 0 Å². The van der Waals surface area contributed by atoms with E-state index in [0.29, 0.717) is 5.15 Å². The lowest BCUT2D eigenvalue weighted by atomic mass is 10.3. The van der Waals surface area contributed by atoms with Crippen molar-refractivity contribution in [3.8, 4) is 0 Å². The normalized spacial score (nSPS) is 10.6. The molecule has 1 aromatic heterocycles. The second-order valence-electron chi connectivity index (χ2n) is 2.76. The summed E-state index contributed by atoms with van der Waals surface area (Å²) in [5.41, 5.74) is 0.896. The lowest BCUT2D eigenvalue weighted by Crippen LogP contribution is -1.99. The van der Waals surface area contributed by atoms with Crippen LogP contribution in [0.4, 0.5) is 0 Å². The summed E-state index contributed by atoms with van der Waals surface area (Å²) < 4.78 is 1.77. The number of halogens is 1. The Kier molecular flexibility index (Phi) is 3.53. The van der Waals surface area contributed by atoms with Crippen LogP contribution in [0.15, 0.2) is 0 Å². The molecule has 0 spiro atoms. The summed E-state index contributed by atoms with van der Waals surface area (Å²) in [5.74, 6) is 0. The maximum Gasteiger partial charge on any atom is 0.150 e. The SMILES string of the molecule is CCCCn1nnc(CC)c1Cl. The number of nitrogens with zero attached hydrogens (tertiary/aromatic N) is 3. The molecule has 4 heteroatoms.